The van der Waals surface area contributed by atoms with Crippen molar-refractivity contribution in [2.75, 3.05) is 40.9 Å². The van der Waals surface area contributed by atoms with Gasteiger partial charge in [0.1, 0.15) is 19.3 Å². The zero-order valence-corrected chi connectivity index (χ0v) is 51.7. The monoisotopic (exact) mass is 1100 g/mol. The molecule has 0 aliphatic carbocycles. The van der Waals surface area contributed by atoms with Gasteiger partial charge in [-0.25, -0.2) is 0 Å². The van der Waals surface area contributed by atoms with Gasteiger partial charge < -0.3 is 28.5 Å². The van der Waals surface area contributed by atoms with E-state index in [1.54, 1.807) is 0 Å². The van der Waals surface area contributed by atoms with E-state index in [0.717, 1.165) is 122 Å². The largest absolute Gasteiger partial charge is 0.756 e. The first-order valence-corrected chi connectivity index (χ1v) is 32.8. The van der Waals surface area contributed by atoms with Crippen molar-refractivity contribution in [2.24, 2.45) is 0 Å². The third kappa shape index (κ3) is 57.1. The Bertz CT molecular complexity index is 1750. The molecule has 10 heteroatoms. The van der Waals surface area contributed by atoms with Crippen LogP contribution < -0.4 is 10.2 Å². The van der Waals surface area contributed by atoms with Crippen LogP contribution in [0.2, 0.25) is 0 Å². The molecule has 1 N–H and O–H groups in total. The summed E-state index contributed by atoms with van der Waals surface area (Å²) in [4.78, 5) is 40.0. The number of allylic oxidation sites excluding steroid dienone is 19. The average molecular weight is 1110 g/mol. The number of unbranched alkanes of at least 4 members (excludes halogenated alkanes) is 21. The van der Waals surface area contributed by atoms with Gasteiger partial charge in [0.05, 0.1) is 33.8 Å². The normalized spacial score (nSPS) is 14.5. The smallest absolute Gasteiger partial charge is 0.306 e. The van der Waals surface area contributed by atoms with E-state index in [-0.39, 0.29) is 31.3 Å². The molecule has 0 rings (SSSR count). The molecule has 1 amide bonds. The van der Waals surface area contributed by atoms with Gasteiger partial charge in [-0.1, -0.05) is 233 Å². The Morgan fingerprint density at radius 3 is 1.26 bits per heavy atom. The van der Waals surface area contributed by atoms with E-state index in [9.17, 15) is 19.0 Å². The summed E-state index contributed by atoms with van der Waals surface area (Å²) < 4.78 is 30.3. The number of nitrogens with zero attached hydrogens (tertiary/aromatic N) is 1. The maximum absolute atomic E-state index is 13.5. The molecule has 0 fully saturated rings. The molecular weight excluding hydrogens is 988 g/mol. The standard InChI is InChI=1S/C68H117N2O7P/c1-7-10-13-16-19-22-25-28-30-32-33-34-35-36-37-39-41-43-46-49-52-55-58-61-68(72)77-66(59-56-53-50-47-44-27-24-21-18-15-12-9-3)65(64-76-78(73,74)75-63-62-70(4,5)6)69-67(71)60-57-54-51-48-45-42-40-38-31-29-26-23-20-17-14-11-8-2/h10,13,19-20,22-23,28-31,33-34,36-37,40-43,56,59,65-66H,7-9,11-12,14-18,21,24-27,32,35,38-39,44-55,57-58,60-64H2,1-6H3,(H-,69,71,73,74)/b13-10-,22-19-,23-20-,30-28-,31-29-,34-33-,37-36-,42-40-,43-41-,59-56-. The molecule has 0 radical (unpaired) electrons. The predicted molar refractivity (Wildman–Crippen MR) is 334 cm³/mol. The summed E-state index contributed by atoms with van der Waals surface area (Å²) in [6.07, 6.45) is 78.8. The highest BCUT2D eigenvalue weighted by atomic mass is 31.2. The summed E-state index contributed by atoms with van der Waals surface area (Å²) in [5.74, 6) is -0.603. The van der Waals surface area contributed by atoms with E-state index in [0.29, 0.717) is 23.9 Å². The van der Waals surface area contributed by atoms with E-state index in [1.807, 2.05) is 33.3 Å². The Morgan fingerprint density at radius 2 is 0.821 bits per heavy atom. The van der Waals surface area contributed by atoms with Crippen molar-refractivity contribution in [1.82, 2.24) is 5.32 Å². The quantitative estimate of drug-likeness (QED) is 0.0212. The number of quaternary nitrogens is 1. The SMILES string of the molecule is CC/C=C\C/C=C\C/C=C\C/C=C\C/C=C\C/C=C\CCCCCCC(=O)OC(/C=C\CCCCCCCCCCCC)C(COP(=O)([O-])OCC[N+](C)(C)C)NC(=O)CCCCCC/C=C\C/C=C\C/C=C\CCCCC. The van der Waals surface area contributed by atoms with Crippen LogP contribution in [-0.2, 0) is 27.9 Å². The van der Waals surface area contributed by atoms with Crippen LogP contribution in [0.3, 0.4) is 0 Å². The van der Waals surface area contributed by atoms with Gasteiger partial charge in [0, 0.05) is 12.8 Å². The Morgan fingerprint density at radius 1 is 0.462 bits per heavy atom. The van der Waals surface area contributed by atoms with Crippen molar-refractivity contribution in [1.29, 1.82) is 0 Å². The van der Waals surface area contributed by atoms with Crippen LogP contribution in [0, 0.1) is 0 Å². The van der Waals surface area contributed by atoms with Crippen LogP contribution in [0.4, 0.5) is 0 Å². The summed E-state index contributed by atoms with van der Waals surface area (Å²) in [5.41, 5.74) is 0. The van der Waals surface area contributed by atoms with Crippen molar-refractivity contribution < 1.29 is 37.3 Å². The Hall–Kier alpha value is -3.59. The van der Waals surface area contributed by atoms with Crippen molar-refractivity contribution in [3.8, 4) is 0 Å². The number of amides is 1. The second-order valence-corrected chi connectivity index (χ2v) is 23.2. The molecule has 446 valence electrons. The molecule has 0 heterocycles. The molecule has 3 unspecified atom stereocenters. The van der Waals surface area contributed by atoms with Gasteiger partial charge in [-0.15, -0.1) is 0 Å². The first-order chi connectivity index (χ1) is 37.9. The number of rotatable bonds is 55. The fourth-order valence-electron chi connectivity index (χ4n) is 8.30. The molecule has 0 spiro atoms. The van der Waals surface area contributed by atoms with Gasteiger partial charge in [-0.2, -0.15) is 0 Å². The summed E-state index contributed by atoms with van der Waals surface area (Å²) in [7, 11) is 1.14. The fraction of sp³-hybridized carbons (Fsp3) is 0.676. The van der Waals surface area contributed by atoms with E-state index in [1.165, 1.54) is 77.0 Å². The zero-order valence-electron chi connectivity index (χ0n) is 50.8. The van der Waals surface area contributed by atoms with Gasteiger partial charge in [0.2, 0.25) is 5.91 Å². The molecule has 0 aromatic carbocycles. The number of hydrogen-bond donors (Lipinski definition) is 1. The molecule has 0 saturated heterocycles. The summed E-state index contributed by atoms with van der Waals surface area (Å²) in [6, 6.07) is -0.919. The lowest BCUT2D eigenvalue weighted by Gasteiger charge is -2.30. The molecular formula is C68H117N2O7P. The van der Waals surface area contributed by atoms with E-state index >= 15 is 0 Å². The lowest BCUT2D eigenvalue weighted by Crippen LogP contribution is -2.47. The molecule has 0 saturated carbocycles. The van der Waals surface area contributed by atoms with Crippen LogP contribution in [0.5, 0.6) is 0 Å². The van der Waals surface area contributed by atoms with E-state index in [2.05, 4.69) is 135 Å². The number of phosphoric acid groups is 1. The first-order valence-electron chi connectivity index (χ1n) is 31.3. The van der Waals surface area contributed by atoms with Crippen LogP contribution in [0.15, 0.2) is 122 Å². The molecule has 0 aromatic heterocycles. The molecule has 9 nitrogen and oxygen atoms in total. The minimum Gasteiger partial charge on any atom is -0.756 e. The predicted octanol–water partition coefficient (Wildman–Crippen LogP) is 18.9. The third-order valence-electron chi connectivity index (χ3n) is 13.1. The average Bonchev–Trinajstić information content (AvgIpc) is 3.40. The Labute approximate surface area is 480 Å². The minimum atomic E-state index is -4.72. The highest BCUT2D eigenvalue weighted by Gasteiger charge is 2.27. The van der Waals surface area contributed by atoms with E-state index < -0.39 is 26.6 Å². The molecule has 78 heavy (non-hydrogen) atoms. The Balaban J connectivity index is 5.34. The molecule has 0 bridgehead atoms. The van der Waals surface area contributed by atoms with Crippen LogP contribution >= 0.6 is 7.82 Å². The number of nitrogens with one attached hydrogen (secondary N) is 1. The molecule has 0 aliphatic rings. The number of esters is 1. The maximum atomic E-state index is 13.5. The zero-order chi connectivity index (χ0) is 57.2. The fourth-order valence-corrected chi connectivity index (χ4v) is 9.02. The molecule has 3 atom stereocenters. The van der Waals surface area contributed by atoms with Crippen molar-refractivity contribution in [3.05, 3.63) is 122 Å². The lowest BCUT2D eigenvalue weighted by molar-refractivity contribution is -0.870. The maximum Gasteiger partial charge on any atom is 0.306 e. The molecule has 0 aromatic rings. The second-order valence-electron chi connectivity index (χ2n) is 21.8. The number of hydrogen-bond acceptors (Lipinski definition) is 7. The topological polar surface area (TPSA) is 114 Å². The third-order valence-corrected chi connectivity index (χ3v) is 14.1. The number of ether oxygens (including phenoxy) is 1. The van der Waals surface area contributed by atoms with Gasteiger partial charge in [0.15, 0.2) is 0 Å². The Kier molecular flexibility index (Phi) is 54.1. The van der Waals surface area contributed by atoms with Crippen LogP contribution in [0.1, 0.15) is 245 Å². The summed E-state index contributed by atoms with van der Waals surface area (Å²) in [6.45, 7) is 6.65. The van der Waals surface area contributed by atoms with Crippen molar-refractivity contribution >= 4 is 19.7 Å². The van der Waals surface area contributed by atoms with Gasteiger partial charge in [-0.05, 0) is 122 Å². The van der Waals surface area contributed by atoms with Gasteiger partial charge in [0.25, 0.3) is 7.82 Å². The minimum absolute atomic E-state index is 0.0379. The summed E-state index contributed by atoms with van der Waals surface area (Å²) >= 11 is 0. The van der Waals surface area contributed by atoms with E-state index in [4.69, 9.17) is 13.8 Å². The summed E-state index contributed by atoms with van der Waals surface area (Å²) in [5, 5.41) is 3.01. The highest BCUT2D eigenvalue weighted by Crippen LogP contribution is 2.38. The molecule has 0 aliphatic heterocycles. The van der Waals surface area contributed by atoms with Gasteiger partial charge in [-0.3, -0.25) is 14.2 Å². The number of likely N-dealkylation sites (N-methyl/N-ethyl adjacent to an activating group) is 1. The number of carbonyl (C=O) groups excluding carboxylic acids is 2. The number of phosphoric ester groups is 1. The first kappa shape index (κ1) is 74.4. The highest BCUT2D eigenvalue weighted by molar-refractivity contribution is 7.45. The van der Waals surface area contributed by atoms with Crippen molar-refractivity contribution in [2.45, 2.75) is 258 Å². The van der Waals surface area contributed by atoms with Crippen LogP contribution in [-0.4, -0.2) is 69.4 Å². The lowest BCUT2D eigenvalue weighted by atomic mass is 10.0. The van der Waals surface area contributed by atoms with Crippen molar-refractivity contribution in [3.63, 3.8) is 0 Å². The number of carbonyl (C=O) groups is 2. The second kappa shape index (κ2) is 56.7. The van der Waals surface area contributed by atoms with Crippen LogP contribution in [0.25, 0.3) is 0 Å². The van der Waals surface area contributed by atoms with Gasteiger partial charge >= 0.3 is 5.97 Å².